The molecular weight excluding hydrogens is 170 g/mol. The molecule has 1 rings (SSSR count). The number of hydrogen-bond donors (Lipinski definition) is 1. The highest BCUT2D eigenvalue weighted by Crippen LogP contribution is 2.34. The smallest absolute Gasteiger partial charge is 0.00727 e. The highest BCUT2D eigenvalue weighted by atomic mass is 14.9. The maximum absolute atomic E-state index is 3.70. The van der Waals surface area contributed by atoms with E-state index in [1.54, 1.807) is 0 Å². The van der Waals surface area contributed by atoms with E-state index in [1.807, 2.05) is 0 Å². The molecule has 0 spiro atoms. The minimum Gasteiger partial charge on any atom is -0.313 e. The molecule has 1 nitrogen and oxygen atoms in total. The predicted molar refractivity (Wildman–Crippen MR) is 63.4 cm³/mol. The standard InChI is InChI=1S/C13H27N/c1-6-13(4,5)9-14-12-7-11(8-12)10(2)3/h10-12,14H,6-9H2,1-5H3. The Kier molecular flexibility index (Phi) is 4.00. The summed E-state index contributed by atoms with van der Waals surface area (Å²) in [5.74, 6) is 1.87. The van der Waals surface area contributed by atoms with Crippen LogP contribution < -0.4 is 5.32 Å². The van der Waals surface area contributed by atoms with Crippen molar-refractivity contribution in [3.8, 4) is 0 Å². The van der Waals surface area contributed by atoms with Crippen molar-refractivity contribution in [1.82, 2.24) is 5.32 Å². The van der Waals surface area contributed by atoms with E-state index in [0.29, 0.717) is 5.41 Å². The topological polar surface area (TPSA) is 12.0 Å². The molecule has 0 aliphatic heterocycles. The first kappa shape index (κ1) is 12.0. The lowest BCUT2D eigenvalue weighted by Crippen LogP contribution is -2.46. The Morgan fingerprint density at radius 3 is 2.29 bits per heavy atom. The first-order chi connectivity index (χ1) is 6.44. The second-order valence-electron chi connectivity index (χ2n) is 6.07. The van der Waals surface area contributed by atoms with E-state index in [4.69, 9.17) is 0 Å². The Balaban J connectivity index is 2.12. The second kappa shape index (κ2) is 4.65. The molecule has 1 fully saturated rings. The molecule has 0 unspecified atom stereocenters. The van der Waals surface area contributed by atoms with Gasteiger partial charge in [0.1, 0.15) is 0 Å². The molecule has 84 valence electrons. The summed E-state index contributed by atoms with van der Waals surface area (Å²) in [4.78, 5) is 0. The summed E-state index contributed by atoms with van der Waals surface area (Å²) in [6.45, 7) is 12.8. The summed E-state index contributed by atoms with van der Waals surface area (Å²) in [5, 5.41) is 3.70. The van der Waals surface area contributed by atoms with Crippen LogP contribution in [0.1, 0.15) is 53.9 Å². The molecule has 0 radical (unpaired) electrons. The van der Waals surface area contributed by atoms with Crippen molar-refractivity contribution in [2.75, 3.05) is 6.54 Å². The van der Waals surface area contributed by atoms with Crippen LogP contribution in [0, 0.1) is 17.3 Å². The maximum Gasteiger partial charge on any atom is 0.00727 e. The summed E-state index contributed by atoms with van der Waals surface area (Å²) in [7, 11) is 0. The van der Waals surface area contributed by atoms with Crippen LogP contribution in [0.25, 0.3) is 0 Å². The molecule has 0 aromatic carbocycles. The maximum atomic E-state index is 3.70. The Morgan fingerprint density at radius 1 is 1.29 bits per heavy atom. The average Bonchev–Trinajstić information content (AvgIpc) is 2.00. The van der Waals surface area contributed by atoms with Gasteiger partial charge in [0.2, 0.25) is 0 Å². The molecule has 0 heterocycles. The van der Waals surface area contributed by atoms with Gasteiger partial charge >= 0.3 is 0 Å². The molecule has 0 aromatic rings. The van der Waals surface area contributed by atoms with Gasteiger partial charge in [0.05, 0.1) is 0 Å². The molecule has 0 amide bonds. The fourth-order valence-corrected chi connectivity index (χ4v) is 1.92. The van der Waals surface area contributed by atoms with Crippen molar-refractivity contribution in [3.05, 3.63) is 0 Å². The highest BCUT2D eigenvalue weighted by Gasteiger charge is 2.31. The van der Waals surface area contributed by atoms with Crippen LogP contribution in [0.2, 0.25) is 0 Å². The molecule has 1 aliphatic carbocycles. The van der Waals surface area contributed by atoms with Gasteiger partial charge in [-0.05, 0) is 36.5 Å². The third kappa shape index (κ3) is 3.27. The van der Waals surface area contributed by atoms with E-state index in [0.717, 1.165) is 17.9 Å². The van der Waals surface area contributed by atoms with Gasteiger partial charge in [0, 0.05) is 12.6 Å². The zero-order chi connectivity index (χ0) is 10.8. The Morgan fingerprint density at radius 2 is 1.86 bits per heavy atom. The zero-order valence-electron chi connectivity index (χ0n) is 10.6. The van der Waals surface area contributed by atoms with Crippen molar-refractivity contribution in [2.24, 2.45) is 17.3 Å². The quantitative estimate of drug-likeness (QED) is 0.712. The van der Waals surface area contributed by atoms with Crippen LogP contribution in [0.15, 0.2) is 0 Å². The van der Waals surface area contributed by atoms with Crippen LogP contribution >= 0.6 is 0 Å². The van der Waals surface area contributed by atoms with E-state index in [2.05, 4.69) is 39.9 Å². The lowest BCUT2D eigenvalue weighted by molar-refractivity contribution is 0.153. The van der Waals surface area contributed by atoms with Crippen molar-refractivity contribution in [2.45, 2.75) is 59.9 Å². The number of nitrogens with one attached hydrogen (secondary N) is 1. The molecule has 14 heavy (non-hydrogen) atoms. The van der Waals surface area contributed by atoms with Crippen molar-refractivity contribution in [3.63, 3.8) is 0 Å². The van der Waals surface area contributed by atoms with Gasteiger partial charge in [-0.3, -0.25) is 0 Å². The van der Waals surface area contributed by atoms with Gasteiger partial charge in [0.25, 0.3) is 0 Å². The van der Waals surface area contributed by atoms with Gasteiger partial charge in [-0.2, -0.15) is 0 Å². The molecule has 0 bridgehead atoms. The number of rotatable bonds is 5. The Bertz CT molecular complexity index is 166. The third-order valence-corrected chi connectivity index (χ3v) is 3.94. The molecule has 0 saturated heterocycles. The summed E-state index contributed by atoms with van der Waals surface area (Å²) in [6.07, 6.45) is 4.06. The van der Waals surface area contributed by atoms with Crippen LogP contribution in [0.5, 0.6) is 0 Å². The fraction of sp³-hybridized carbons (Fsp3) is 1.00. The monoisotopic (exact) mass is 197 g/mol. The van der Waals surface area contributed by atoms with Gasteiger partial charge in [-0.1, -0.05) is 34.6 Å². The lowest BCUT2D eigenvalue weighted by Gasteiger charge is -2.40. The van der Waals surface area contributed by atoms with E-state index in [9.17, 15) is 0 Å². The van der Waals surface area contributed by atoms with Gasteiger partial charge in [0.15, 0.2) is 0 Å². The van der Waals surface area contributed by atoms with Crippen LogP contribution in [-0.2, 0) is 0 Å². The third-order valence-electron chi connectivity index (χ3n) is 3.94. The molecule has 1 heteroatoms. The van der Waals surface area contributed by atoms with E-state index in [-0.39, 0.29) is 0 Å². The molecule has 1 saturated carbocycles. The van der Waals surface area contributed by atoms with Gasteiger partial charge in [-0.15, -0.1) is 0 Å². The first-order valence-corrected chi connectivity index (χ1v) is 6.18. The SMILES string of the molecule is CCC(C)(C)CNC1CC(C(C)C)C1. The van der Waals surface area contributed by atoms with Crippen LogP contribution in [-0.4, -0.2) is 12.6 Å². The molecule has 0 aromatic heterocycles. The first-order valence-electron chi connectivity index (χ1n) is 6.18. The molecule has 1 N–H and O–H groups in total. The summed E-state index contributed by atoms with van der Waals surface area (Å²) in [6, 6.07) is 0.813. The number of hydrogen-bond acceptors (Lipinski definition) is 1. The summed E-state index contributed by atoms with van der Waals surface area (Å²) < 4.78 is 0. The van der Waals surface area contributed by atoms with E-state index < -0.39 is 0 Å². The molecular formula is C13H27N. The molecule has 0 atom stereocenters. The fourth-order valence-electron chi connectivity index (χ4n) is 1.92. The Hall–Kier alpha value is -0.0400. The Labute approximate surface area is 89.7 Å². The van der Waals surface area contributed by atoms with Crippen molar-refractivity contribution in [1.29, 1.82) is 0 Å². The predicted octanol–water partition coefficient (Wildman–Crippen LogP) is 3.45. The average molecular weight is 197 g/mol. The van der Waals surface area contributed by atoms with E-state index >= 15 is 0 Å². The largest absolute Gasteiger partial charge is 0.313 e. The summed E-state index contributed by atoms with van der Waals surface area (Å²) in [5.41, 5.74) is 0.475. The van der Waals surface area contributed by atoms with Crippen LogP contribution in [0.3, 0.4) is 0 Å². The minimum absolute atomic E-state index is 0.475. The molecule has 1 aliphatic rings. The van der Waals surface area contributed by atoms with Gasteiger partial charge < -0.3 is 5.32 Å². The van der Waals surface area contributed by atoms with E-state index in [1.165, 1.54) is 25.8 Å². The van der Waals surface area contributed by atoms with Crippen molar-refractivity contribution >= 4 is 0 Å². The van der Waals surface area contributed by atoms with Crippen molar-refractivity contribution < 1.29 is 0 Å². The minimum atomic E-state index is 0.475. The van der Waals surface area contributed by atoms with Crippen LogP contribution in [0.4, 0.5) is 0 Å². The highest BCUT2D eigenvalue weighted by molar-refractivity contribution is 4.87. The van der Waals surface area contributed by atoms with Gasteiger partial charge in [-0.25, -0.2) is 0 Å². The second-order valence-corrected chi connectivity index (χ2v) is 6.07. The summed E-state index contributed by atoms with van der Waals surface area (Å²) >= 11 is 0. The zero-order valence-corrected chi connectivity index (χ0v) is 10.6. The lowest BCUT2D eigenvalue weighted by atomic mass is 9.73. The normalized spacial score (nSPS) is 27.9.